The van der Waals surface area contributed by atoms with Crippen molar-refractivity contribution in [2.24, 2.45) is 29.4 Å². The van der Waals surface area contributed by atoms with Gasteiger partial charge >= 0.3 is 12.2 Å². The first-order valence-corrected chi connectivity index (χ1v) is 18.0. The molecule has 3 heterocycles. The largest absolute Gasteiger partial charge is 0.503 e. The zero-order chi connectivity index (χ0) is 38.5. The maximum atomic E-state index is 15.3. The Bertz CT molecular complexity index is 2190. The molecule has 2 aliphatic heterocycles. The highest BCUT2D eigenvalue weighted by Gasteiger charge is 2.71. The van der Waals surface area contributed by atoms with Crippen molar-refractivity contribution in [2.45, 2.75) is 30.4 Å². The van der Waals surface area contributed by atoms with E-state index in [4.69, 9.17) is 33.7 Å². The first kappa shape index (κ1) is 37.1. The Morgan fingerprint density at radius 1 is 1.06 bits per heavy atom. The van der Waals surface area contributed by atoms with Crippen LogP contribution in [0.5, 0.6) is 11.5 Å². The lowest BCUT2D eigenvalue weighted by Gasteiger charge is -2.51. The van der Waals surface area contributed by atoms with Crippen LogP contribution in [0.2, 0.25) is 10.0 Å². The van der Waals surface area contributed by atoms with Gasteiger partial charge in [-0.25, -0.2) is 9.78 Å². The number of amides is 6. The van der Waals surface area contributed by atoms with Crippen molar-refractivity contribution in [2.75, 3.05) is 12.5 Å². The number of nitrogens with zero attached hydrogens (tertiary/aromatic N) is 3. The summed E-state index contributed by atoms with van der Waals surface area (Å²) in [6.07, 6.45) is -2.79. The fourth-order valence-electron chi connectivity index (χ4n) is 8.32. The molecule has 276 valence electrons. The zero-order valence-corrected chi connectivity index (χ0v) is 31.6. The number of benzene rings is 2. The van der Waals surface area contributed by atoms with Gasteiger partial charge in [-0.1, -0.05) is 47.0 Å². The maximum absolute atomic E-state index is 15.3. The van der Waals surface area contributed by atoms with E-state index in [1.54, 1.807) is 18.2 Å². The molecule has 1 aromatic heterocycles. The number of halogens is 7. The quantitative estimate of drug-likeness (QED) is 0.186. The van der Waals surface area contributed by atoms with Gasteiger partial charge < -0.3 is 15.6 Å². The van der Waals surface area contributed by atoms with E-state index in [1.165, 1.54) is 25.3 Å². The van der Waals surface area contributed by atoms with Gasteiger partial charge in [-0.3, -0.25) is 24.6 Å². The molecule has 2 saturated heterocycles. The van der Waals surface area contributed by atoms with E-state index in [0.717, 1.165) is 0 Å². The average Bonchev–Trinajstić information content (AvgIpc) is 3.49. The van der Waals surface area contributed by atoms with Crippen LogP contribution in [0.3, 0.4) is 0 Å². The number of carbonyl (C=O) groups is 5. The second kappa shape index (κ2) is 13.0. The zero-order valence-electron chi connectivity index (χ0n) is 26.9. The molecule has 2 aliphatic carbocycles. The lowest BCUT2D eigenvalue weighted by molar-refractivity contribution is -0.140. The smallest absolute Gasteiger partial charge is 0.417 e. The second-order valence-electron chi connectivity index (χ2n) is 12.9. The van der Waals surface area contributed by atoms with Gasteiger partial charge in [-0.05, 0) is 86.0 Å². The SMILES string of the molecule is COc1cc(C2C3=CCC4C(=O)N(C(N)=O)C(=O)C4C3CC3C(=O)N(Nc4ncc(C(F)(F)F)cc4Cl)C(=O)C32c2ccc(Cl)cc2)c(Br)c(Br)c1O. The number of pyridine rings is 1. The molecule has 1 saturated carbocycles. The lowest BCUT2D eigenvalue weighted by Crippen LogP contribution is -2.53. The standard InChI is InChI=1S/C34H24Br2Cl2F3N5O7/c1-53-21-10-18(24(35)25(36)26(21)47)23-15-6-7-16-22(30(50)45(28(16)48)32(42)52)17(15)9-19-29(49)46(31(51)33(19,23)12-2-4-14(37)5-3-12)44-27-20(38)8-13(11-43-27)34(39,40)41/h2-6,8,10-11,16-17,19,22-23,47H,7,9H2,1H3,(H2,42,52)(H,43,44). The molecule has 19 heteroatoms. The number of urea groups is 1. The maximum Gasteiger partial charge on any atom is 0.417 e. The molecule has 2 aromatic carbocycles. The molecule has 12 nitrogen and oxygen atoms in total. The Morgan fingerprint density at radius 2 is 1.74 bits per heavy atom. The number of methoxy groups -OCH3 is 1. The highest BCUT2D eigenvalue weighted by atomic mass is 79.9. The number of alkyl halides is 3. The highest BCUT2D eigenvalue weighted by Crippen LogP contribution is 2.65. The number of imide groups is 4. The van der Waals surface area contributed by atoms with Gasteiger partial charge in [0.15, 0.2) is 17.3 Å². The third-order valence-corrected chi connectivity index (χ3v) is 13.2. The van der Waals surface area contributed by atoms with Gasteiger partial charge in [0.1, 0.15) is 0 Å². The van der Waals surface area contributed by atoms with Crippen LogP contribution in [0.1, 0.15) is 35.4 Å². The number of rotatable bonds is 5. The van der Waals surface area contributed by atoms with E-state index in [9.17, 15) is 37.5 Å². The molecule has 3 fully saturated rings. The molecular weight excluding hydrogens is 878 g/mol. The molecule has 6 amide bonds. The first-order chi connectivity index (χ1) is 24.9. The number of phenols is 1. The van der Waals surface area contributed by atoms with Crippen molar-refractivity contribution >= 4 is 90.5 Å². The van der Waals surface area contributed by atoms with Gasteiger partial charge in [0.2, 0.25) is 11.8 Å². The normalized spacial score (nSPS) is 26.6. The molecule has 7 rings (SSSR count). The molecule has 53 heavy (non-hydrogen) atoms. The minimum Gasteiger partial charge on any atom is -0.503 e. The average molecular weight is 902 g/mol. The lowest BCUT2D eigenvalue weighted by atomic mass is 9.49. The van der Waals surface area contributed by atoms with E-state index in [1.807, 2.05) is 0 Å². The fraction of sp³-hybridized carbons (Fsp3) is 0.294. The van der Waals surface area contributed by atoms with Crippen molar-refractivity contribution in [1.82, 2.24) is 14.9 Å². The number of primary amides is 1. The number of nitrogens with two attached hydrogens (primary N) is 1. The minimum absolute atomic E-state index is 0.0196. The van der Waals surface area contributed by atoms with Crippen molar-refractivity contribution in [1.29, 1.82) is 0 Å². The number of fused-ring (bicyclic) bond motifs is 4. The molecular formula is C34H24Br2Cl2F3N5O7. The molecule has 0 spiro atoms. The number of hydrogen-bond acceptors (Lipinski definition) is 9. The number of aromatic hydroxyl groups is 1. The Morgan fingerprint density at radius 3 is 2.34 bits per heavy atom. The number of allylic oxidation sites excluding steroid dienone is 2. The topological polar surface area (TPSA) is 172 Å². The highest BCUT2D eigenvalue weighted by molar-refractivity contribution is 9.13. The van der Waals surface area contributed by atoms with E-state index in [-0.39, 0.29) is 33.3 Å². The van der Waals surface area contributed by atoms with Gasteiger partial charge in [0.25, 0.3) is 11.8 Å². The third kappa shape index (κ3) is 5.44. The predicted molar refractivity (Wildman–Crippen MR) is 188 cm³/mol. The number of carbonyl (C=O) groups excluding carboxylic acids is 5. The van der Waals surface area contributed by atoms with Gasteiger partial charge in [-0.15, -0.1) is 0 Å². The van der Waals surface area contributed by atoms with Crippen LogP contribution in [-0.4, -0.2) is 56.8 Å². The summed E-state index contributed by atoms with van der Waals surface area (Å²) in [7, 11) is 1.31. The Kier molecular flexibility index (Phi) is 9.10. The molecule has 6 atom stereocenters. The Labute approximate surface area is 324 Å². The molecule has 4 N–H and O–H groups in total. The summed E-state index contributed by atoms with van der Waals surface area (Å²) in [5, 5.41) is 11.3. The van der Waals surface area contributed by atoms with Crippen LogP contribution in [0.25, 0.3) is 0 Å². The summed E-state index contributed by atoms with van der Waals surface area (Å²) in [5.74, 6) is -9.60. The predicted octanol–water partition coefficient (Wildman–Crippen LogP) is 6.71. The summed E-state index contributed by atoms with van der Waals surface area (Å²) < 4.78 is 46.2. The van der Waals surface area contributed by atoms with Gasteiger partial charge in [0.05, 0.1) is 45.3 Å². The number of hydrazine groups is 1. The number of hydrogen-bond donors (Lipinski definition) is 3. The van der Waals surface area contributed by atoms with Gasteiger partial charge in [0, 0.05) is 21.6 Å². The number of likely N-dealkylation sites (tertiary alicyclic amines) is 1. The second-order valence-corrected chi connectivity index (χ2v) is 15.3. The molecule has 4 aliphatic rings. The van der Waals surface area contributed by atoms with Crippen LogP contribution in [0.15, 0.2) is 63.2 Å². The van der Waals surface area contributed by atoms with Crippen LogP contribution in [0.4, 0.5) is 23.8 Å². The number of anilines is 1. The first-order valence-electron chi connectivity index (χ1n) is 15.7. The monoisotopic (exact) mass is 899 g/mol. The summed E-state index contributed by atoms with van der Waals surface area (Å²) >= 11 is 19.4. The van der Waals surface area contributed by atoms with E-state index in [0.29, 0.717) is 43.9 Å². The summed E-state index contributed by atoms with van der Waals surface area (Å²) in [6, 6.07) is 6.97. The van der Waals surface area contributed by atoms with Crippen molar-refractivity contribution in [3.63, 3.8) is 0 Å². The summed E-state index contributed by atoms with van der Waals surface area (Å²) in [4.78, 5) is 73.7. The molecule has 6 unspecified atom stereocenters. The van der Waals surface area contributed by atoms with Crippen LogP contribution in [-0.2, 0) is 30.8 Å². The molecule has 3 aromatic rings. The number of nitrogens with one attached hydrogen (secondary N) is 1. The third-order valence-electron chi connectivity index (χ3n) is 10.5. The minimum atomic E-state index is -4.78. The number of aromatic nitrogens is 1. The molecule has 0 bridgehead atoms. The van der Waals surface area contributed by atoms with E-state index >= 15 is 4.79 Å². The van der Waals surface area contributed by atoms with Crippen LogP contribution >= 0.6 is 55.1 Å². The van der Waals surface area contributed by atoms with E-state index in [2.05, 4.69) is 42.3 Å². The molecule has 0 radical (unpaired) electrons. The van der Waals surface area contributed by atoms with Crippen molar-refractivity contribution in [3.8, 4) is 11.5 Å². The number of phenolic OH excluding ortho intramolecular Hbond substituents is 1. The van der Waals surface area contributed by atoms with Gasteiger partial charge in [-0.2, -0.15) is 23.1 Å². The Balaban J connectivity index is 1.49. The fourth-order valence-corrected chi connectivity index (χ4v) is 9.61. The Hall–Kier alpha value is -4.19. The van der Waals surface area contributed by atoms with E-state index < -0.39 is 87.2 Å². The summed E-state index contributed by atoms with van der Waals surface area (Å²) in [6.45, 7) is 0. The van der Waals surface area contributed by atoms with Crippen LogP contribution < -0.4 is 15.9 Å². The number of ether oxygens (including phenoxy) is 1. The van der Waals surface area contributed by atoms with Crippen molar-refractivity contribution in [3.05, 3.63) is 89.9 Å². The van der Waals surface area contributed by atoms with Crippen LogP contribution in [0, 0.1) is 23.7 Å². The summed E-state index contributed by atoms with van der Waals surface area (Å²) in [5.41, 5.74) is 6.05. The van der Waals surface area contributed by atoms with Crippen molar-refractivity contribution < 1.29 is 47.0 Å².